The molecule has 13 aromatic rings. The van der Waals surface area contributed by atoms with Crippen molar-refractivity contribution in [1.82, 2.24) is 0 Å². The fourth-order valence-corrected chi connectivity index (χ4v) is 14.1. The number of hydrogen-bond donors (Lipinski definition) is 0. The molecule has 3 aliphatic rings. The second kappa shape index (κ2) is 21.2. The molecule has 3 aliphatic carbocycles. The molecule has 0 radical (unpaired) electrons. The van der Waals surface area contributed by atoms with E-state index in [0.717, 1.165) is 55.6 Å². The molecule has 0 aliphatic heterocycles. The Hall–Kier alpha value is -10.3. The Morgan fingerprint density at radius 3 is 1.49 bits per heavy atom. The molecular weight excluding hydrogens is 1020 g/mol. The van der Waals surface area contributed by atoms with Gasteiger partial charge < -0.3 is 9.80 Å². The Bertz CT molecular complexity index is 5070. The molecule has 0 spiro atoms. The van der Waals surface area contributed by atoms with E-state index < -0.39 is 0 Å². The standard InChI is InChI=1S/C83H62N2/c1-2-16-68(47-55-17-4-3-5-18-55)84(69-38-33-56-19-6-9-24-61(56)50-69)72-41-45-78-80(53-72)82(66-36-43-76-64(48-66)31-29-59-22-12-14-27-74(59)76)79-46-42-73(54-81(79)83(78)67-37-44-77-65(49-67)32-30-60-23-13-15-28-75(60)77)85(70-39-34-57-20-7-10-25-62(57)51-70)71-40-35-58-21-8-11-26-63(58)52-71/h3-8,10-17,19-23,25-32,34-37,39-54H,2,9,18,24,33,38H2,1H3/b55-47-,68-16+. The first-order chi connectivity index (χ1) is 42.1. The average molecular weight is 1090 g/mol. The van der Waals surface area contributed by atoms with Crippen molar-refractivity contribution < 1.29 is 0 Å². The maximum Gasteiger partial charge on any atom is 0.0468 e. The zero-order valence-electron chi connectivity index (χ0n) is 47.8. The molecule has 0 amide bonds. The zero-order chi connectivity index (χ0) is 56.4. The highest BCUT2D eigenvalue weighted by Gasteiger charge is 2.26. The Labute approximate surface area is 496 Å². The van der Waals surface area contributed by atoms with Crippen molar-refractivity contribution in [2.45, 2.75) is 45.4 Å². The summed E-state index contributed by atoms with van der Waals surface area (Å²) in [6.45, 7) is 2.27. The van der Waals surface area contributed by atoms with Crippen molar-refractivity contribution in [3.63, 3.8) is 0 Å². The molecule has 13 aromatic carbocycles. The van der Waals surface area contributed by atoms with Crippen molar-refractivity contribution in [2.75, 3.05) is 9.80 Å². The van der Waals surface area contributed by atoms with Gasteiger partial charge in [-0.3, -0.25) is 0 Å². The highest BCUT2D eigenvalue weighted by atomic mass is 15.2. The minimum absolute atomic E-state index is 0.904. The number of rotatable bonds is 10. The Balaban J connectivity index is 1.01. The third-order valence-electron chi connectivity index (χ3n) is 18.2. The van der Waals surface area contributed by atoms with Crippen LogP contribution in [0.2, 0.25) is 0 Å². The smallest absolute Gasteiger partial charge is 0.0468 e. The third-order valence-corrected chi connectivity index (χ3v) is 18.2. The molecule has 16 rings (SSSR count). The van der Waals surface area contributed by atoms with Crippen LogP contribution in [0.15, 0.2) is 313 Å². The monoisotopic (exact) mass is 1090 g/mol. The molecule has 85 heavy (non-hydrogen) atoms. The minimum atomic E-state index is 0.904. The molecule has 0 unspecified atom stereocenters. The molecule has 0 fully saturated rings. The summed E-state index contributed by atoms with van der Waals surface area (Å²) in [5.74, 6) is 0. The summed E-state index contributed by atoms with van der Waals surface area (Å²) in [4.78, 5) is 5.08. The van der Waals surface area contributed by atoms with Crippen LogP contribution in [-0.2, 0) is 0 Å². The summed E-state index contributed by atoms with van der Waals surface area (Å²) in [5, 5.41) is 19.7. The predicted octanol–water partition coefficient (Wildman–Crippen LogP) is 23.6. The van der Waals surface area contributed by atoms with Crippen LogP contribution >= 0.6 is 0 Å². The van der Waals surface area contributed by atoms with Gasteiger partial charge in [0.25, 0.3) is 0 Å². The molecule has 2 heteroatoms. The molecule has 0 N–H and O–H groups in total. The van der Waals surface area contributed by atoms with Crippen molar-refractivity contribution in [2.24, 2.45) is 0 Å². The van der Waals surface area contributed by atoms with E-state index >= 15 is 0 Å². The predicted molar refractivity (Wildman–Crippen MR) is 367 cm³/mol. The van der Waals surface area contributed by atoms with Gasteiger partial charge in [-0.05, 0) is 236 Å². The van der Waals surface area contributed by atoms with Crippen molar-refractivity contribution in [3.8, 4) is 22.3 Å². The zero-order valence-corrected chi connectivity index (χ0v) is 47.8. The topological polar surface area (TPSA) is 6.48 Å². The van der Waals surface area contributed by atoms with E-state index in [-0.39, 0.29) is 0 Å². The lowest BCUT2D eigenvalue weighted by molar-refractivity contribution is 0.824. The summed E-state index contributed by atoms with van der Waals surface area (Å²) < 4.78 is 0. The van der Waals surface area contributed by atoms with Crippen LogP contribution in [0.5, 0.6) is 0 Å². The highest BCUT2D eigenvalue weighted by Crippen LogP contribution is 2.50. The molecule has 404 valence electrons. The summed E-state index contributed by atoms with van der Waals surface area (Å²) in [6.07, 6.45) is 27.0. The van der Waals surface area contributed by atoms with Crippen molar-refractivity contribution in [3.05, 3.63) is 313 Å². The van der Waals surface area contributed by atoms with Gasteiger partial charge in [0.05, 0.1) is 0 Å². The number of anilines is 4. The van der Waals surface area contributed by atoms with Gasteiger partial charge in [-0.1, -0.05) is 219 Å². The van der Waals surface area contributed by atoms with E-state index in [4.69, 9.17) is 0 Å². The largest absolute Gasteiger partial charge is 0.314 e. The van der Waals surface area contributed by atoms with Crippen LogP contribution in [0, 0.1) is 0 Å². The maximum atomic E-state index is 2.61. The first-order valence-corrected chi connectivity index (χ1v) is 30.4. The van der Waals surface area contributed by atoms with Crippen LogP contribution in [-0.4, -0.2) is 0 Å². The van der Waals surface area contributed by atoms with Gasteiger partial charge in [0.1, 0.15) is 0 Å². The lowest BCUT2D eigenvalue weighted by atomic mass is 9.84. The van der Waals surface area contributed by atoms with Gasteiger partial charge in [-0.15, -0.1) is 0 Å². The molecule has 2 nitrogen and oxygen atoms in total. The molecule has 0 saturated carbocycles. The van der Waals surface area contributed by atoms with E-state index in [1.54, 1.807) is 0 Å². The fraction of sp³-hybridized carbons (Fsp3) is 0.0843. The second-order valence-corrected chi connectivity index (χ2v) is 23.3. The van der Waals surface area contributed by atoms with Crippen molar-refractivity contribution in [1.29, 1.82) is 0 Å². The van der Waals surface area contributed by atoms with Crippen LogP contribution < -0.4 is 9.80 Å². The number of nitrogens with zero attached hydrogens (tertiary/aromatic N) is 2. The van der Waals surface area contributed by atoms with Gasteiger partial charge in [0, 0.05) is 34.1 Å². The summed E-state index contributed by atoms with van der Waals surface area (Å²) >= 11 is 0. The van der Waals surface area contributed by atoms with Gasteiger partial charge in [0.15, 0.2) is 0 Å². The molecule has 0 heterocycles. The van der Waals surface area contributed by atoms with Gasteiger partial charge >= 0.3 is 0 Å². The van der Waals surface area contributed by atoms with Gasteiger partial charge in [-0.25, -0.2) is 0 Å². The van der Waals surface area contributed by atoms with Crippen LogP contribution in [0.1, 0.15) is 45.4 Å². The fourth-order valence-electron chi connectivity index (χ4n) is 14.1. The quantitative estimate of drug-likeness (QED) is 0.0995. The summed E-state index contributed by atoms with van der Waals surface area (Å²) in [5.41, 5.74) is 16.1. The summed E-state index contributed by atoms with van der Waals surface area (Å²) in [6, 6.07) is 87.2. The number of allylic oxidation sites excluding steroid dienone is 13. The Kier molecular flexibility index (Phi) is 12.6. The number of hydrogen-bond acceptors (Lipinski definition) is 2. The second-order valence-electron chi connectivity index (χ2n) is 23.3. The lowest BCUT2D eigenvalue weighted by Crippen LogP contribution is -2.23. The van der Waals surface area contributed by atoms with Crippen LogP contribution in [0.3, 0.4) is 0 Å². The Morgan fingerprint density at radius 1 is 0.388 bits per heavy atom. The molecule has 0 atom stereocenters. The maximum absolute atomic E-state index is 2.61. The van der Waals surface area contributed by atoms with E-state index in [2.05, 4.69) is 302 Å². The first kappa shape index (κ1) is 50.4. The van der Waals surface area contributed by atoms with Gasteiger partial charge in [0.2, 0.25) is 0 Å². The summed E-state index contributed by atoms with van der Waals surface area (Å²) in [7, 11) is 0. The highest BCUT2D eigenvalue weighted by molar-refractivity contribution is 6.24. The molecule has 0 saturated heterocycles. The van der Waals surface area contributed by atoms with Crippen LogP contribution in [0.25, 0.3) is 108 Å². The SMILES string of the molecule is CC/C=C(\C=C1\C=CC=CC1)N(C1=CC2=C(C=CCC2)CC1)c1ccc2c(-c3ccc4c(ccc5ccccc54)c3)c3cc(N(c4ccc5ccccc5c4)c4ccc5ccccc5c4)ccc3c(-c3ccc4c(ccc5ccccc54)c3)c2c1. The van der Waals surface area contributed by atoms with E-state index in [1.165, 1.54) is 142 Å². The average Bonchev–Trinajstić information content (AvgIpc) is 1.29. The van der Waals surface area contributed by atoms with E-state index in [0.29, 0.717) is 0 Å². The van der Waals surface area contributed by atoms with Crippen LogP contribution in [0.4, 0.5) is 22.7 Å². The molecular formula is C83H62N2. The van der Waals surface area contributed by atoms with E-state index in [1.807, 2.05) is 0 Å². The first-order valence-electron chi connectivity index (χ1n) is 30.4. The van der Waals surface area contributed by atoms with Gasteiger partial charge in [-0.2, -0.15) is 0 Å². The van der Waals surface area contributed by atoms with E-state index in [9.17, 15) is 0 Å². The molecule has 0 bridgehead atoms. The van der Waals surface area contributed by atoms with Crippen molar-refractivity contribution >= 4 is 109 Å². The minimum Gasteiger partial charge on any atom is -0.314 e. The normalized spacial score (nSPS) is 14.9. The number of fused-ring (bicyclic) bond motifs is 10. The third kappa shape index (κ3) is 9.05. The Morgan fingerprint density at radius 2 is 0.894 bits per heavy atom. The molecule has 0 aromatic heterocycles. The lowest BCUT2D eigenvalue weighted by Gasteiger charge is -2.33. The number of benzene rings is 13.